The van der Waals surface area contributed by atoms with Gasteiger partial charge in [-0.2, -0.15) is 0 Å². The molecule has 0 spiro atoms. The molecule has 1 heterocycles. The monoisotopic (exact) mass is 378 g/mol. The molecular formula is C17H12Cl2N2O2S. The summed E-state index contributed by atoms with van der Waals surface area (Å²) in [6, 6.07) is 12.1. The molecule has 0 atom stereocenters. The molecule has 3 aromatic rings. The molecule has 1 amide bonds. The van der Waals surface area contributed by atoms with Crippen LogP contribution in [0.1, 0.15) is 16.1 Å². The zero-order chi connectivity index (χ0) is 17.1. The van der Waals surface area contributed by atoms with Gasteiger partial charge in [-0.25, -0.2) is 4.98 Å². The minimum Gasteiger partial charge on any atom is -0.487 e. The number of hydrogen-bond acceptors (Lipinski definition) is 4. The Morgan fingerprint density at radius 3 is 2.54 bits per heavy atom. The average Bonchev–Trinajstić information content (AvgIpc) is 3.05. The predicted molar refractivity (Wildman–Crippen MR) is 96.9 cm³/mol. The third-order valence-corrected chi connectivity index (χ3v) is 4.93. The van der Waals surface area contributed by atoms with Gasteiger partial charge in [-0.3, -0.25) is 4.79 Å². The van der Waals surface area contributed by atoms with Gasteiger partial charge >= 0.3 is 0 Å². The van der Waals surface area contributed by atoms with Crippen LogP contribution in [0, 0.1) is 0 Å². The first kappa shape index (κ1) is 16.8. The number of nitrogens with zero attached hydrogens (tertiary/aromatic N) is 1. The average molecular weight is 379 g/mol. The Balaban J connectivity index is 1.68. The van der Waals surface area contributed by atoms with Crippen molar-refractivity contribution in [3.63, 3.8) is 0 Å². The second-order valence-electron chi connectivity index (χ2n) is 4.95. The van der Waals surface area contributed by atoms with Gasteiger partial charge in [0.1, 0.15) is 17.4 Å². The number of primary amides is 1. The summed E-state index contributed by atoms with van der Waals surface area (Å²) in [6.07, 6.45) is 0. The number of carbonyl (C=O) groups excluding carboxylic acids is 1. The fourth-order valence-corrected chi connectivity index (χ4v) is 3.11. The molecular weight excluding hydrogens is 367 g/mol. The summed E-state index contributed by atoms with van der Waals surface area (Å²) in [5.74, 6) is 0.182. The molecule has 0 bridgehead atoms. The van der Waals surface area contributed by atoms with Gasteiger partial charge in [-0.15, -0.1) is 11.3 Å². The smallest absolute Gasteiger partial charge is 0.248 e. The highest BCUT2D eigenvalue weighted by Crippen LogP contribution is 2.28. The molecule has 0 aliphatic rings. The minimum absolute atomic E-state index is 0.327. The van der Waals surface area contributed by atoms with E-state index in [0.29, 0.717) is 28.0 Å². The lowest BCUT2D eigenvalue weighted by Crippen LogP contribution is -2.10. The number of ether oxygens (including phenoxy) is 1. The molecule has 122 valence electrons. The molecule has 0 radical (unpaired) electrons. The lowest BCUT2D eigenvalue weighted by Gasteiger charge is -2.05. The summed E-state index contributed by atoms with van der Waals surface area (Å²) in [7, 11) is 0. The summed E-state index contributed by atoms with van der Waals surface area (Å²) in [5.41, 5.74) is 7.43. The third-order valence-electron chi connectivity index (χ3n) is 3.25. The third kappa shape index (κ3) is 3.87. The van der Waals surface area contributed by atoms with Crippen molar-refractivity contribution in [3.8, 4) is 16.3 Å². The van der Waals surface area contributed by atoms with Gasteiger partial charge in [0.2, 0.25) is 5.91 Å². The maximum atomic E-state index is 11.1. The van der Waals surface area contributed by atoms with Gasteiger partial charge in [0.05, 0.1) is 15.7 Å². The number of hydrogen-bond donors (Lipinski definition) is 1. The summed E-state index contributed by atoms with van der Waals surface area (Å²) in [6.45, 7) is 0.327. The van der Waals surface area contributed by atoms with E-state index in [9.17, 15) is 4.79 Å². The highest BCUT2D eigenvalue weighted by atomic mass is 35.5. The van der Waals surface area contributed by atoms with Gasteiger partial charge in [0, 0.05) is 22.6 Å². The van der Waals surface area contributed by atoms with E-state index in [1.54, 1.807) is 30.3 Å². The number of carbonyl (C=O) groups is 1. The van der Waals surface area contributed by atoms with Crippen molar-refractivity contribution in [1.29, 1.82) is 0 Å². The Labute approximate surface area is 152 Å². The van der Waals surface area contributed by atoms with Crippen LogP contribution in [-0.2, 0) is 6.61 Å². The summed E-state index contributed by atoms with van der Waals surface area (Å²) >= 11 is 13.3. The lowest BCUT2D eigenvalue weighted by atomic mass is 10.1. The number of thiazole rings is 1. The van der Waals surface area contributed by atoms with Crippen LogP contribution < -0.4 is 10.5 Å². The summed E-state index contributed by atoms with van der Waals surface area (Å²) in [5, 5.41) is 3.70. The van der Waals surface area contributed by atoms with E-state index in [2.05, 4.69) is 4.98 Å². The fourth-order valence-electron chi connectivity index (χ4n) is 2.01. The van der Waals surface area contributed by atoms with E-state index in [-0.39, 0.29) is 0 Å². The topological polar surface area (TPSA) is 65.2 Å². The predicted octanol–water partition coefficient (Wildman–Crippen LogP) is 4.79. The van der Waals surface area contributed by atoms with Crippen LogP contribution >= 0.6 is 34.5 Å². The second-order valence-corrected chi connectivity index (χ2v) is 6.62. The van der Waals surface area contributed by atoms with Crippen molar-refractivity contribution in [2.24, 2.45) is 5.73 Å². The van der Waals surface area contributed by atoms with Crippen molar-refractivity contribution in [2.75, 3.05) is 0 Å². The van der Waals surface area contributed by atoms with Crippen molar-refractivity contribution in [1.82, 2.24) is 4.98 Å². The molecule has 2 aromatic carbocycles. The van der Waals surface area contributed by atoms with E-state index in [1.807, 2.05) is 17.5 Å². The van der Waals surface area contributed by atoms with Gasteiger partial charge in [-0.1, -0.05) is 35.3 Å². The molecule has 0 fully saturated rings. The maximum Gasteiger partial charge on any atom is 0.248 e. The molecule has 0 unspecified atom stereocenters. The van der Waals surface area contributed by atoms with Gasteiger partial charge in [0.25, 0.3) is 0 Å². The van der Waals surface area contributed by atoms with Crippen LogP contribution in [0.25, 0.3) is 10.6 Å². The van der Waals surface area contributed by atoms with Crippen molar-refractivity contribution in [2.45, 2.75) is 6.61 Å². The highest BCUT2D eigenvalue weighted by Gasteiger charge is 2.07. The number of halogens is 2. The van der Waals surface area contributed by atoms with E-state index in [0.717, 1.165) is 16.3 Å². The molecule has 7 heteroatoms. The molecule has 4 nitrogen and oxygen atoms in total. The maximum absolute atomic E-state index is 11.1. The second kappa shape index (κ2) is 7.21. The van der Waals surface area contributed by atoms with E-state index in [4.69, 9.17) is 33.7 Å². The highest BCUT2D eigenvalue weighted by molar-refractivity contribution is 7.13. The van der Waals surface area contributed by atoms with Gasteiger partial charge < -0.3 is 10.5 Å². The molecule has 1 aromatic heterocycles. The van der Waals surface area contributed by atoms with E-state index >= 15 is 0 Å². The summed E-state index contributed by atoms with van der Waals surface area (Å²) < 4.78 is 5.67. The normalized spacial score (nSPS) is 10.6. The Hall–Kier alpha value is -2.08. The Morgan fingerprint density at radius 2 is 1.88 bits per heavy atom. The number of nitrogens with two attached hydrogens (primary N) is 1. The first-order valence-corrected chi connectivity index (χ1v) is 8.59. The Morgan fingerprint density at radius 1 is 1.12 bits per heavy atom. The Kier molecular flexibility index (Phi) is 5.04. The van der Waals surface area contributed by atoms with Gasteiger partial charge in [-0.05, 0) is 24.3 Å². The number of aromatic nitrogens is 1. The standard InChI is InChI=1S/C17H12Cl2N2O2S/c18-14-6-5-13(7-15(14)19)23-8-12-9-24-17(21-12)11-3-1-10(2-4-11)16(20)22/h1-7,9H,8H2,(H2,20,22). The molecule has 2 N–H and O–H groups in total. The van der Waals surface area contributed by atoms with Crippen LogP contribution in [-0.4, -0.2) is 10.9 Å². The first-order valence-electron chi connectivity index (χ1n) is 6.95. The zero-order valence-corrected chi connectivity index (χ0v) is 14.7. The van der Waals surface area contributed by atoms with Crippen molar-refractivity contribution < 1.29 is 9.53 Å². The van der Waals surface area contributed by atoms with Gasteiger partial charge in [0.15, 0.2) is 0 Å². The van der Waals surface area contributed by atoms with E-state index < -0.39 is 5.91 Å². The molecule has 3 rings (SSSR count). The largest absolute Gasteiger partial charge is 0.487 e. The van der Waals surface area contributed by atoms with Crippen LogP contribution in [0.4, 0.5) is 0 Å². The molecule has 0 aliphatic carbocycles. The number of rotatable bonds is 5. The fraction of sp³-hybridized carbons (Fsp3) is 0.0588. The van der Waals surface area contributed by atoms with E-state index in [1.165, 1.54) is 11.3 Å². The van der Waals surface area contributed by atoms with Crippen LogP contribution in [0.2, 0.25) is 10.0 Å². The lowest BCUT2D eigenvalue weighted by molar-refractivity contribution is 0.100. The molecule has 24 heavy (non-hydrogen) atoms. The van der Waals surface area contributed by atoms with Crippen LogP contribution in [0.3, 0.4) is 0 Å². The first-order chi connectivity index (χ1) is 11.5. The minimum atomic E-state index is -0.448. The molecule has 0 saturated carbocycles. The number of benzene rings is 2. The summed E-state index contributed by atoms with van der Waals surface area (Å²) in [4.78, 5) is 15.6. The van der Waals surface area contributed by atoms with Crippen LogP contribution in [0.5, 0.6) is 5.75 Å². The molecule has 0 saturated heterocycles. The SMILES string of the molecule is NC(=O)c1ccc(-c2nc(COc3ccc(Cl)c(Cl)c3)cs2)cc1. The molecule has 0 aliphatic heterocycles. The van der Waals surface area contributed by atoms with Crippen molar-refractivity contribution >= 4 is 40.4 Å². The van der Waals surface area contributed by atoms with Crippen molar-refractivity contribution in [3.05, 3.63) is 69.1 Å². The van der Waals surface area contributed by atoms with Crippen LogP contribution in [0.15, 0.2) is 47.8 Å². The zero-order valence-electron chi connectivity index (χ0n) is 12.3. The number of amides is 1. The Bertz CT molecular complexity index is 879. The quantitative estimate of drug-likeness (QED) is 0.693.